The summed E-state index contributed by atoms with van der Waals surface area (Å²) in [7, 11) is 0. The summed E-state index contributed by atoms with van der Waals surface area (Å²) >= 11 is 2.36. The molecule has 0 bridgehead atoms. The molecule has 1 N–H and O–H groups in total. The van der Waals surface area contributed by atoms with E-state index in [4.69, 9.17) is 4.74 Å². The van der Waals surface area contributed by atoms with E-state index in [1.54, 1.807) is 18.3 Å². The van der Waals surface area contributed by atoms with Crippen molar-refractivity contribution in [1.82, 2.24) is 19.5 Å². The van der Waals surface area contributed by atoms with E-state index in [1.807, 2.05) is 0 Å². The number of fused-ring (bicyclic) bond motifs is 1. The van der Waals surface area contributed by atoms with E-state index in [-0.39, 0.29) is 18.7 Å². The lowest BCUT2D eigenvalue weighted by molar-refractivity contribution is -0.136. The molecule has 1 aliphatic heterocycles. The van der Waals surface area contributed by atoms with Crippen LogP contribution in [0.5, 0.6) is 5.75 Å². The minimum Gasteiger partial charge on any atom is -0.493 e. The Morgan fingerprint density at radius 2 is 2.12 bits per heavy atom. The number of alkyl halides is 1. The van der Waals surface area contributed by atoms with Gasteiger partial charge >= 0.3 is 5.69 Å². The van der Waals surface area contributed by atoms with Crippen LogP contribution in [0.1, 0.15) is 38.1 Å². The highest BCUT2D eigenvalue weighted by molar-refractivity contribution is 14.1. The molecular formula is C16H19IN4O4. The number of nitrogens with one attached hydrogen (secondary N) is 1. The number of rotatable bonds is 7. The van der Waals surface area contributed by atoms with E-state index in [1.165, 1.54) is 10.8 Å². The van der Waals surface area contributed by atoms with Gasteiger partial charge in [-0.1, -0.05) is 22.6 Å². The SMILES string of the molecule is O=C1CCC(n2nc3cc(OCCCCCI)ccn3c2=O)C(=O)N1. The fraction of sp³-hybridized carbons (Fsp3) is 0.500. The Labute approximate surface area is 157 Å². The van der Waals surface area contributed by atoms with Gasteiger partial charge in [0, 0.05) is 18.7 Å². The molecule has 0 spiro atoms. The molecule has 2 amide bonds. The molecule has 1 saturated heterocycles. The highest BCUT2D eigenvalue weighted by atomic mass is 127. The van der Waals surface area contributed by atoms with Crippen LogP contribution in [0.15, 0.2) is 23.1 Å². The molecule has 0 radical (unpaired) electrons. The highest BCUT2D eigenvalue weighted by Crippen LogP contribution is 2.18. The lowest BCUT2D eigenvalue weighted by Gasteiger charge is -2.19. The molecule has 3 rings (SSSR count). The van der Waals surface area contributed by atoms with Gasteiger partial charge in [0.15, 0.2) is 5.65 Å². The molecule has 2 aromatic heterocycles. The molecule has 3 heterocycles. The predicted octanol–water partition coefficient (Wildman–Crippen LogP) is 1.46. The van der Waals surface area contributed by atoms with Crippen molar-refractivity contribution in [3.63, 3.8) is 0 Å². The van der Waals surface area contributed by atoms with Gasteiger partial charge in [-0.25, -0.2) is 4.79 Å². The number of pyridine rings is 1. The first kappa shape index (κ1) is 17.9. The molecule has 0 aliphatic carbocycles. The van der Waals surface area contributed by atoms with Gasteiger partial charge in [0.25, 0.3) is 5.91 Å². The number of nitrogens with zero attached hydrogens (tertiary/aromatic N) is 3. The van der Waals surface area contributed by atoms with Gasteiger partial charge in [-0.15, -0.1) is 5.10 Å². The predicted molar refractivity (Wildman–Crippen MR) is 99.1 cm³/mol. The highest BCUT2D eigenvalue weighted by Gasteiger charge is 2.30. The van der Waals surface area contributed by atoms with E-state index in [0.29, 0.717) is 18.0 Å². The Bertz CT molecular complexity index is 844. The number of amides is 2. The Balaban J connectivity index is 1.76. The lowest BCUT2D eigenvalue weighted by atomic mass is 10.1. The summed E-state index contributed by atoms with van der Waals surface area (Å²) in [6, 6.07) is 2.63. The second-order valence-corrected chi connectivity index (χ2v) is 6.96. The summed E-state index contributed by atoms with van der Waals surface area (Å²) in [5, 5.41) is 6.49. The smallest absolute Gasteiger partial charge is 0.351 e. The van der Waals surface area contributed by atoms with Gasteiger partial charge in [0.1, 0.15) is 11.8 Å². The number of aromatic nitrogens is 3. The van der Waals surface area contributed by atoms with Crippen molar-refractivity contribution in [2.24, 2.45) is 0 Å². The molecule has 2 aromatic rings. The summed E-state index contributed by atoms with van der Waals surface area (Å²) in [5.74, 6) is -0.174. The monoisotopic (exact) mass is 458 g/mol. The maximum Gasteiger partial charge on any atom is 0.351 e. The van der Waals surface area contributed by atoms with Crippen LogP contribution in [0.2, 0.25) is 0 Å². The minimum atomic E-state index is -0.761. The molecule has 25 heavy (non-hydrogen) atoms. The third-order valence-electron chi connectivity index (χ3n) is 4.07. The van der Waals surface area contributed by atoms with Gasteiger partial charge in [-0.05, 0) is 36.2 Å². The number of unbranched alkanes of at least 4 members (excludes halogenated alkanes) is 2. The van der Waals surface area contributed by atoms with Gasteiger partial charge < -0.3 is 4.74 Å². The number of carbonyl (C=O) groups is 2. The third kappa shape index (κ3) is 4.02. The minimum absolute atomic E-state index is 0.197. The molecule has 1 fully saturated rings. The fourth-order valence-corrected chi connectivity index (χ4v) is 3.28. The molecule has 9 heteroatoms. The average molecular weight is 458 g/mol. The molecule has 1 unspecified atom stereocenters. The first-order valence-corrected chi connectivity index (χ1v) is 9.76. The third-order valence-corrected chi connectivity index (χ3v) is 4.83. The van der Waals surface area contributed by atoms with Gasteiger partial charge in [0.05, 0.1) is 6.61 Å². The van der Waals surface area contributed by atoms with Crippen LogP contribution >= 0.6 is 22.6 Å². The van der Waals surface area contributed by atoms with Crippen LogP contribution < -0.4 is 15.7 Å². The quantitative estimate of drug-likeness (QED) is 0.294. The first-order chi connectivity index (χ1) is 12.1. The Kier molecular flexibility index (Phi) is 5.71. The second kappa shape index (κ2) is 7.98. The molecule has 1 atom stereocenters. The normalized spacial score (nSPS) is 17.7. The van der Waals surface area contributed by atoms with E-state index < -0.39 is 17.6 Å². The van der Waals surface area contributed by atoms with Crippen LogP contribution in [-0.2, 0) is 9.59 Å². The fourth-order valence-electron chi connectivity index (χ4n) is 2.74. The Hall–Kier alpha value is -1.91. The standard InChI is InChI=1S/C16H19IN4O4/c17-7-2-1-3-9-25-11-6-8-20-13(10-11)19-21(16(20)24)12-4-5-14(22)18-15(12)23/h6,8,10,12H,1-5,7,9H2,(H,18,22,23). The molecule has 0 saturated carbocycles. The van der Waals surface area contributed by atoms with E-state index in [9.17, 15) is 14.4 Å². The lowest BCUT2D eigenvalue weighted by Crippen LogP contribution is -2.44. The number of halogens is 1. The zero-order valence-corrected chi connectivity index (χ0v) is 15.8. The van der Waals surface area contributed by atoms with Crippen LogP contribution in [0.4, 0.5) is 0 Å². The number of piperidine rings is 1. The van der Waals surface area contributed by atoms with E-state index in [2.05, 4.69) is 33.0 Å². The van der Waals surface area contributed by atoms with Crippen molar-refractivity contribution >= 4 is 40.1 Å². The molecule has 0 aromatic carbocycles. The number of carbonyl (C=O) groups excluding carboxylic acids is 2. The van der Waals surface area contributed by atoms with Gasteiger partial charge in [-0.2, -0.15) is 4.68 Å². The number of hydrogen-bond acceptors (Lipinski definition) is 5. The van der Waals surface area contributed by atoms with Crippen molar-refractivity contribution in [2.75, 3.05) is 11.0 Å². The molecule has 8 nitrogen and oxygen atoms in total. The van der Waals surface area contributed by atoms with Crippen molar-refractivity contribution in [2.45, 2.75) is 38.1 Å². The molecular weight excluding hydrogens is 439 g/mol. The summed E-state index contributed by atoms with van der Waals surface area (Å²) in [5.41, 5.74) is 0.0116. The second-order valence-electron chi connectivity index (χ2n) is 5.88. The Morgan fingerprint density at radius 3 is 2.88 bits per heavy atom. The molecule has 134 valence electrons. The van der Waals surface area contributed by atoms with Crippen LogP contribution in [0.25, 0.3) is 5.65 Å². The van der Waals surface area contributed by atoms with Gasteiger partial charge in [0.2, 0.25) is 5.91 Å². The number of imide groups is 1. The number of ether oxygens (including phenoxy) is 1. The average Bonchev–Trinajstić information content (AvgIpc) is 2.91. The van der Waals surface area contributed by atoms with E-state index in [0.717, 1.165) is 22.0 Å². The van der Waals surface area contributed by atoms with Crippen LogP contribution in [0.3, 0.4) is 0 Å². The maximum absolute atomic E-state index is 12.5. The van der Waals surface area contributed by atoms with Crippen molar-refractivity contribution in [3.05, 3.63) is 28.8 Å². The van der Waals surface area contributed by atoms with Crippen molar-refractivity contribution in [3.8, 4) is 5.75 Å². The molecule has 1 aliphatic rings. The van der Waals surface area contributed by atoms with E-state index >= 15 is 0 Å². The summed E-state index contributed by atoms with van der Waals surface area (Å²) in [6.07, 6.45) is 5.33. The zero-order valence-electron chi connectivity index (χ0n) is 13.6. The summed E-state index contributed by atoms with van der Waals surface area (Å²) in [4.78, 5) is 35.7. The van der Waals surface area contributed by atoms with Gasteiger partial charge in [-0.3, -0.25) is 19.3 Å². The first-order valence-electron chi connectivity index (χ1n) is 8.23. The topological polar surface area (TPSA) is 94.7 Å². The largest absolute Gasteiger partial charge is 0.493 e. The van der Waals surface area contributed by atoms with Crippen LogP contribution in [-0.4, -0.2) is 37.0 Å². The zero-order chi connectivity index (χ0) is 17.8. The Morgan fingerprint density at radius 1 is 1.28 bits per heavy atom. The van der Waals surface area contributed by atoms with Crippen LogP contribution in [0, 0.1) is 0 Å². The number of hydrogen-bond donors (Lipinski definition) is 1. The van der Waals surface area contributed by atoms with Crippen molar-refractivity contribution < 1.29 is 14.3 Å². The summed E-state index contributed by atoms with van der Waals surface area (Å²) < 4.78 is 9.35. The summed E-state index contributed by atoms with van der Waals surface area (Å²) in [6.45, 7) is 0.616. The van der Waals surface area contributed by atoms with Crippen molar-refractivity contribution in [1.29, 1.82) is 0 Å². The maximum atomic E-state index is 12.5.